The van der Waals surface area contributed by atoms with Crippen molar-refractivity contribution in [1.82, 2.24) is 19.6 Å². The van der Waals surface area contributed by atoms with Crippen LogP contribution in [0.1, 0.15) is 5.82 Å². The molecule has 154 valence electrons. The molecule has 0 unspecified atom stereocenters. The summed E-state index contributed by atoms with van der Waals surface area (Å²) < 4.78 is 12.4. The van der Waals surface area contributed by atoms with Crippen molar-refractivity contribution in [1.29, 1.82) is 0 Å². The first-order valence-corrected chi connectivity index (χ1v) is 10.3. The Morgan fingerprint density at radius 2 is 1.93 bits per heavy atom. The van der Waals surface area contributed by atoms with Crippen LogP contribution in [0.5, 0.6) is 11.5 Å². The summed E-state index contributed by atoms with van der Waals surface area (Å²) in [5, 5.41) is 9.14. The Labute approximate surface area is 181 Å². The van der Waals surface area contributed by atoms with Gasteiger partial charge in [-0.15, -0.1) is 5.10 Å². The molecule has 0 atom stereocenters. The van der Waals surface area contributed by atoms with Gasteiger partial charge in [0.05, 0.1) is 25.5 Å². The lowest BCUT2D eigenvalue weighted by Gasteiger charge is -2.11. The van der Waals surface area contributed by atoms with E-state index in [0.717, 1.165) is 5.39 Å². The number of benzene rings is 2. The van der Waals surface area contributed by atoms with Gasteiger partial charge < -0.3 is 14.8 Å². The second-order valence-corrected chi connectivity index (χ2v) is 7.74. The predicted octanol–water partition coefficient (Wildman–Crippen LogP) is 3.99. The third kappa shape index (κ3) is 3.99. The number of methoxy groups -OCH3 is 2. The van der Waals surface area contributed by atoms with Crippen LogP contribution < -0.4 is 14.8 Å². The minimum atomic E-state index is -0.179. The molecule has 2 heterocycles. The van der Waals surface area contributed by atoms with E-state index in [1.54, 1.807) is 56.0 Å². The second kappa shape index (κ2) is 8.37. The highest BCUT2D eigenvalue weighted by Gasteiger charge is 2.17. The van der Waals surface area contributed by atoms with Crippen LogP contribution in [0.3, 0.4) is 0 Å². The van der Waals surface area contributed by atoms with Crippen LogP contribution in [0.2, 0.25) is 5.02 Å². The zero-order chi connectivity index (χ0) is 21.3. The summed E-state index contributed by atoms with van der Waals surface area (Å²) in [6.07, 6.45) is 0. The molecule has 4 aromatic rings. The highest BCUT2D eigenvalue weighted by Crippen LogP contribution is 2.34. The number of ether oxygens (including phenoxy) is 2. The molecular formula is C20H18ClN5O3S. The van der Waals surface area contributed by atoms with E-state index in [4.69, 9.17) is 21.1 Å². The lowest BCUT2D eigenvalue weighted by atomic mass is 10.2. The number of anilines is 1. The number of carbonyl (C=O) groups is 1. The summed E-state index contributed by atoms with van der Waals surface area (Å²) in [6.45, 7) is 1.81. The standard InChI is InChI=1S/C20H18ClN5O3S/c1-11-22-19-14-8-16(28-2)17(29-3)9-15(14)24-20(26(19)25-11)30-10-18(27)23-13-6-4-5-12(21)7-13/h4-9H,10H2,1-3H3,(H,23,27). The fourth-order valence-corrected chi connectivity index (χ4v) is 3.93. The number of amides is 1. The SMILES string of the molecule is COc1cc2nc(SCC(=O)Nc3cccc(Cl)c3)n3nc(C)nc3c2cc1OC. The molecule has 8 nitrogen and oxygen atoms in total. The number of halogens is 1. The molecule has 0 spiro atoms. The van der Waals surface area contributed by atoms with Crippen LogP contribution in [-0.2, 0) is 4.79 Å². The normalized spacial score (nSPS) is 11.1. The predicted molar refractivity (Wildman–Crippen MR) is 117 cm³/mol. The minimum absolute atomic E-state index is 0.145. The van der Waals surface area contributed by atoms with Crippen LogP contribution in [0, 0.1) is 6.92 Å². The van der Waals surface area contributed by atoms with Crippen LogP contribution in [0.4, 0.5) is 5.69 Å². The summed E-state index contributed by atoms with van der Waals surface area (Å²) in [7, 11) is 3.14. The van der Waals surface area contributed by atoms with Crippen LogP contribution in [0.25, 0.3) is 16.6 Å². The molecule has 0 aliphatic rings. The van der Waals surface area contributed by atoms with Crippen molar-refractivity contribution >= 4 is 51.5 Å². The highest BCUT2D eigenvalue weighted by molar-refractivity contribution is 7.99. The summed E-state index contributed by atoms with van der Waals surface area (Å²) >= 11 is 7.23. The van der Waals surface area contributed by atoms with Crippen molar-refractivity contribution in [3.05, 3.63) is 47.2 Å². The third-order valence-corrected chi connectivity index (χ3v) is 5.46. The first kappa shape index (κ1) is 20.2. The number of hydrogen-bond acceptors (Lipinski definition) is 7. The van der Waals surface area contributed by atoms with Gasteiger partial charge in [0.2, 0.25) is 5.91 Å². The largest absolute Gasteiger partial charge is 0.493 e. The third-order valence-electron chi connectivity index (χ3n) is 4.29. The van der Waals surface area contributed by atoms with E-state index in [0.29, 0.717) is 44.4 Å². The molecule has 0 saturated heterocycles. The Bertz CT molecular complexity index is 1260. The van der Waals surface area contributed by atoms with Crippen molar-refractivity contribution in [2.75, 3.05) is 25.3 Å². The highest BCUT2D eigenvalue weighted by atomic mass is 35.5. The fourth-order valence-electron chi connectivity index (χ4n) is 3.00. The number of nitrogens with one attached hydrogen (secondary N) is 1. The van der Waals surface area contributed by atoms with Crippen LogP contribution in [-0.4, -0.2) is 45.5 Å². The van der Waals surface area contributed by atoms with Gasteiger partial charge >= 0.3 is 0 Å². The van der Waals surface area contributed by atoms with E-state index in [1.807, 2.05) is 6.07 Å². The number of hydrogen-bond donors (Lipinski definition) is 1. The molecule has 2 aromatic carbocycles. The minimum Gasteiger partial charge on any atom is -0.493 e. The molecule has 0 aliphatic carbocycles. The number of aryl methyl sites for hydroxylation is 1. The summed E-state index contributed by atoms with van der Waals surface area (Å²) in [4.78, 5) is 21.6. The van der Waals surface area contributed by atoms with E-state index in [2.05, 4.69) is 20.4 Å². The Morgan fingerprint density at radius 3 is 2.67 bits per heavy atom. The van der Waals surface area contributed by atoms with Gasteiger partial charge in [-0.1, -0.05) is 29.4 Å². The van der Waals surface area contributed by atoms with Gasteiger partial charge in [-0.3, -0.25) is 4.79 Å². The lowest BCUT2D eigenvalue weighted by molar-refractivity contribution is -0.113. The average molecular weight is 444 g/mol. The van der Waals surface area contributed by atoms with Crippen LogP contribution in [0.15, 0.2) is 41.6 Å². The molecule has 2 aromatic heterocycles. The van der Waals surface area contributed by atoms with Crippen molar-refractivity contribution in [2.24, 2.45) is 0 Å². The van der Waals surface area contributed by atoms with E-state index in [9.17, 15) is 4.79 Å². The quantitative estimate of drug-likeness (QED) is 0.356. The molecule has 0 aliphatic heterocycles. The topological polar surface area (TPSA) is 90.6 Å². The van der Waals surface area contributed by atoms with Crippen molar-refractivity contribution < 1.29 is 14.3 Å². The summed E-state index contributed by atoms with van der Waals surface area (Å²) in [5.74, 6) is 1.71. The first-order valence-electron chi connectivity index (χ1n) is 8.96. The number of nitrogens with zero attached hydrogens (tertiary/aromatic N) is 4. The molecule has 0 bridgehead atoms. The van der Waals surface area contributed by atoms with Crippen molar-refractivity contribution in [3.8, 4) is 11.5 Å². The fraction of sp³-hybridized carbons (Fsp3) is 0.200. The maximum Gasteiger partial charge on any atom is 0.234 e. The molecule has 1 amide bonds. The number of fused-ring (bicyclic) bond motifs is 3. The van der Waals surface area contributed by atoms with Gasteiger partial charge in [0.1, 0.15) is 5.82 Å². The van der Waals surface area contributed by atoms with E-state index in [1.165, 1.54) is 11.8 Å². The molecule has 0 saturated carbocycles. The smallest absolute Gasteiger partial charge is 0.234 e. The average Bonchev–Trinajstić information content (AvgIpc) is 3.12. The van der Waals surface area contributed by atoms with Gasteiger partial charge in [0.25, 0.3) is 0 Å². The Hall–Kier alpha value is -3.04. The molecule has 1 N–H and O–H groups in total. The van der Waals surface area contributed by atoms with Crippen molar-refractivity contribution in [3.63, 3.8) is 0 Å². The zero-order valence-electron chi connectivity index (χ0n) is 16.5. The maximum absolute atomic E-state index is 12.4. The molecule has 4 rings (SSSR count). The molecule has 0 radical (unpaired) electrons. The summed E-state index contributed by atoms with van der Waals surface area (Å²) in [6, 6.07) is 10.6. The van der Waals surface area contributed by atoms with Gasteiger partial charge in [-0.05, 0) is 31.2 Å². The number of thioether (sulfide) groups is 1. The van der Waals surface area contributed by atoms with Crippen LogP contribution >= 0.6 is 23.4 Å². The van der Waals surface area contributed by atoms with Gasteiger partial charge in [0, 0.05) is 22.2 Å². The number of aromatic nitrogens is 4. The van der Waals surface area contributed by atoms with E-state index < -0.39 is 0 Å². The monoisotopic (exact) mass is 443 g/mol. The number of carbonyl (C=O) groups excluding carboxylic acids is 1. The first-order chi connectivity index (χ1) is 14.5. The van der Waals surface area contributed by atoms with E-state index >= 15 is 0 Å². The lowest BCUT2D eigenvalue weighted by Crippen LogP contribution is -2.14. The molecule has 0 fully saturated rings. The second-order valence-electron chi connectivity index (χ2n) is 6.36. The summed E-state index contributed by atoms with van der Waals surface area (Å²) in [5.41, 5.74) is 1.94. The maximum atomic E-state index is 12.4. The van der Waals surface area contributed by atoms with E-state index in [-0.39, 0.29) is 11.7 Å². The van der Waals surface area contributed by atoms with Gasteiger partial charge in [0.15, 0.2) is 22.3 Å². The Kier molecular flexibility index (Phi) is 5.65. The van der Waals surface area contributed by atoms with Gasteiger partial charge in [-0.2, -0.15) is 4.52 Å². The molecular weight excluding hydrogens is 426 g/mol. The Balaban J connectivity index is 1.66. The molecule has 30 heavy (non-hydrogen) atoms. The number of rotatable bonds is 6. The van der Waals surface area contributed by atoms with Crippen molar-refractivity contribution in [2.45, 2.75) is 12.1 Å². The zero-order valence-corrected chi connectivity index (χ0v) is 18.0. The Morgan fingerprint density at radius 1 is 1.17 bits per heavy atom. The van der Waals surface area contributed by atoms with Gasteiger partial charge in [-0.25, -0.2) is 9.97 Å². The molecule has 10 heteroatoms.